The predicted molar refractivity (Wildman–Crippen MR) is 79.4 cm³/mol. The van der Waals surface area contributed by atoms with Crippen molar-refractivity contribution in [1.82, 2.24) is 4.90 Å². The third-order valence-electron chi connectivity index (χ3n) is 5.14. The molecule has 1 aromatic rings. The third kappa shape index (κ3) is 3.09. The zero-order valence-corrected chi connectivity index (χ0v) is 13.2. The van der Waals surface area contributed by atoms with Crippen LogP contribution in [0.2, 0.25) is 0 Å². The summed E-state index contributed by atoms with van der Waals surface area (Å²) in [4.78, 5) is 25.4. The van der Waals surface area contributed by atoms with Gasteiger partial charge in [0.05, 0.1) is 11.1 Å². The Morgan fingerprint density at radius 3 is 2.48 bits per heavy atom. The molecule has 1 amide bonds. The summed E-state index contributed by atoms with van der Waals surface area (Å²) < 4.78 is 53.0. The van der Waals surface area contributed by atoms with Crippen LogP contribution in [0.15, 0.2) is 18.2 Å². The molecule has 136 valence electrons. The molecule has 3 unspecified atom stereocenters. The SMILES string of the molecule is O=C(O)C1CC2CCCCC2N1C(=O)c1cccc(C(F)(F)F)c1F. The van der Waals surface area contributed by atoms with Gasteiger partial charge in [0.25, 0.3) is 5.91 Å². The van der Waals surface area contributed by atoms with E-state index in [9.17, 15) is 32.3 Å². The number of nitrogens with zero attached hydrogens (tertiary/aromatic N) is 1. The maximum absolute atomic E-state index is 14.3. The summed E-state index contributed by atoms with van der Waals surface area (Å²) in [5.41, 5.74) is -2.25. The van der Waals surface area contributed by atoms with E-state index >= 15 is 0 Å². The lowest BCUT2D eigenvalue weighted by Crippen LogP contribution is -2.46. The number of likely N-dealkylation sites (tertiary alicyclic amines) is 1. The summed E-state index contributed by atoms with van der Waals surface area (Å²) >= 11 is 0. The number of carbonyl (C=O) groups is 2. The average Bonchev–Trinajstić information content (AvgIpc) is 2.93. The first-order chi connectivity index (χ1) is 11.7. The lowest BCUT2D eigenvalue weighted by Gasteiger charge is -2.33. The summed E-state index contributed by atoms with van der Waals surface area (Å²) in [6, 6.07) is 1.00. The molecule has 1 aliphatic heterocycles. The van der Waals surface area contributed by atoms with Crippen LogP contribution in [0.4, 0.5) is 17.6 Å². The molecule has 25 heavy (non-hydrogen) atoms. The first-order valence-electron chi connectivity index (χ1n) is 8.13. The summed E-state index contributed by atoms with van der Waals surface area (Å²) in [6.45, 7) is 0. The minimum Gasteiger partial charge on any atom is -0.480 e. The number of carbonyl (C=O) groups excluding carboxylic acids is 1. The molecular weight excluding hydrogens is 342 g/mol. The van der Waals surface area contributed by atoms with Gasteiger partial charge in [-0.2, -0.15) is 13.2 Å². The number of halogens is 4. The van der Waals surface area contributed by atoms with Gasteiger partial charge in [-0.15, -0.1) is 0 Å². The second kappa shape index (κ2) is 6.31. The number of rotatable bonds is 2. The maximum Gasteiger partial charge on any atom is 0.419 e. The Balaban J connectivity index is 2.00. The van der Waals surface area contributed by atoms with Gasteiger partial charge >= 0.3 is 12.1 Å². The highest BCUT2D eigenvalue weighted by Crippen LogP contribution is 2.41. The van der Waals surface area contributed by atoms with Crippen molar-refractivity contribution in [1.29, 1.82) is 0 Å². The maximum atomic E-state index is 14.3. The Kier molecular flexibility index (Phi) is 4.47. The summed E-state index contributed by atoms with van der Waals surface area (Å²) in [5.74, 6) is -3.85. The van der Waals surface area contributed by atoms with Gasteiger partial charge in [-0.1, -0.05) is 18.9 Å². The molecule has 0 spiro atoms. The second-order valence-corrected chi connectivity index (χ2v) is 6.58. The molecular formula is C17H17F4NO3. The Morgan fingerprint density at radius 1 is 1.16 bits per heavy atom. The topological polar surface area (TPSA) is 57.6 Å². The van der Waals surface area contributed by atoms with Gasteiger partial charge in [-0.05, 0) is 37.3 Å². The largest absolute Gasteiger partial charge is 0.480 e. The number of fused-ring (bicyclic) bond motifs is 1. The van der Waals surface area contributed by atoms with Crippen LogP contribution in [0.25, 0.3) is 0 Å². The van der Waals surface area contributed by atoms with Gasteiger partial charge in [0.15, 0.2) is 0 Å². The minimum atomic E-state index is -4.93. The number of benzene rings is 1. The van der Waals surface area contributed by atoms with Crippen molar-refractivity contribution in [3.05, 3.63) is 35.1 Å². The van der Waals surface area contributed by atoms with Crippen LogP contribution in [-0.2, 0) is 11.0 Å². The van der Waals surface area contributed by atoms with E-state index in [1.807, 2.05) is 0 Å². The summed E-state index contributed by atoms with van der Waals surface area (Å²) in [5, 5.41) is 9.41. The number of carboxylic acids is 1. The molecule has 1 saturated carbocycles. The fraction of sp³-hybridized carbons (Fsp3) is 0.529. The lowest BCUT2D eigenvalue weighted by molar-refractivity contribution is -0.142. The van der Waals surface area contributed by atoms with E-state index in [1.165, 1.54) is 0 Å². The number of aliphatic carboxylic acids is 1. The molecule has 0 bridgehead atoms. The molecule has 1 saturated heterocycles. The Morgan fingerprint density at radius 2 is 1.84 bits per heavy atom. The van der Waals surface area contributed by atoms with Crippen molar-refractivity contribution in [2.24, 2.45) is 5.92 Å². The van der Waals surface area contributed by atoms with Crippen molar-refractivity contribution in [3.8, 4) is 0 Å². The Bertz CT molecular complexity index is 704. The fourth-order valence-corrected chi connectivity index (χ4v) is 4.03. The molecule has 1 N–H and O–H groups in total. The van der Waals surface area contributed by atoms with E-state index in [4.69, 9.17) is 0 Å². The van der Waals surface area contributed by atoms with E-state index in [0.29, 0.717) is 12.5 Å². The molecule has 8 heteroatoms. The zero-order valence-electron chi connectivity index (χ0n) is 13.2. The average molecular weight is 359 g/mol. The standard InChI is InChI=1S/C17H17F4NO3/c18-14-10(5-3-6-11(14)17(19,20)21)15(23)22-12-7-2-1-4-9(12)8-13(22)16(24)25/h3,5-6,9,12-13H,1-2,4,7-8H2,(H,24,25). The Labute approximate surface area is 141 Å². The van der Waals surface area contributed by atoms with Crippen molar-refractivity contribution in [2.45, 2.75) is 50.4 Å². The van der Waals surface area contributed by atoms with Crippen LogP contribution in [0, 0.1) is 11.7 Å². The highest BCUT2D eigenvalue weighted by molar-refractivity contribution is 5.97. The third-order valence-corrected chi connectivity index (χ3v) is 5.14. The van der Waals surface area contributed by atoms with E-state index in [0.717, 1.165) is 36.3 Å². The number of alkyl halides is 3. The van der Waals surface area contributed by atoms with Gasteiger partial charge in [-0.25, -0.2) is 9.18 Å². The number of hydrogen-bond acceptors (Lipinski definition) is 2. The highest BCUT2D eigenvalue weighted by Gasteiger charge is 2.48. The van der Waals surface area contributed by atoms with Crippen LogP contribution in [-0.4, -0.2) is 34.0 Å². The van der Waals surface area contributed by atoms with Crippen LogP contribution < -0.4 is 0 Å². The van der Waals surface area contributed by atoms with Gasteiger partial charge in [0, 0.05) is 6.04 Å². The monoisotopic (exact) mass is 359 g/mol. The number of carboxylic acid groups (broad SMARTS) is 1. The van der Waals surface area contributed by atoms with Crippen molar-refractivity contribution in [3.63, 3.8) is 0 Å². The normalized spacial score (nSPS) is 26.4. The van der Waals surface area contributed by atoms with Crippen LogP contribution in [0.5, 0.6) is 0 Å². The Hall–Kier alpha value is -2.12. The van der Waals surface area contributed by atoms with Crippen molar-refractivity contribution < 1.29 is 32.3 Å². The predicted octanol–water partition coefficient (Wildman–Crippen LogP) is 3.70. The number of amides is 1. The summed E-state index contributed by atoms with van der Waals surface area (Å²) in [6.07, 6.45) is -1.59. The first-order valence-corrected chi connectivity index (χ1v) is 8.13. The molecule has 4 nitrogen and oxygen atoms in total. The highest BCUT2D eigenvalue weighted by atomic mass is 19.4. The molecule has 2 aliphatic rings. The van der Waals surface area contributed by atoms with Gasteiger partial charge in [0.2, 0.25) is 0 Å². The molecule has 1 aliphatic carbocycles. The minimum absolute atomic E-state index is 0.00680. The van der Waals surface area contributed by atoms with Crippen molar-refractivity contribution in [2.75, 3.05) is 0 Å². The van der Waals surface area contributed by atoms with Crippen LogP contribution >= 0.6 is 0 Å². The lowest BCUT2D eigenvalue weighted by atomic mass is 9.84. The molecule has 2 fully saturated rings. The molecule has 0 aromatic heterocycles. The van der Waals surface area contributed by atoms with Gasteiger partial charge < -0.3 is 10.0 Å². The molecule has 3 atom stereocenters. The molecule has 1 aromatic carbocycles. The molecule has 3 rings (SSSR count). The molecule has 1 heterocycles. The van der Waals surface area contributed by atoms with E-state index in [1.54, 1.807) is 0 Å². The van der Waals surface area contributed by atoms with E-state index in [-0.39, 0.29) is 18.4 Å². The number of hydrogen-bond donors (Lipinski definition) is 1. The summed E-state index contributed by atoms with van der Waals surface area (Å²) in [7, 11) is 0. The van der Waals surface area contributed by atoms with E-state index < -0.39 is 41.0 Å². The fourth-order valence-electron chi connectivity index (χ4n) is 4.03. The van der Waals surface area contributed by atoms with E-state index in [2.05, 4.69) is 0 Å². The zero-order chi connectivity index (χ0) is 18.4. The van der Waals surface area contributed by atoms with Crippen LogP contribution in [0.1, 0.15) is 48.0 Å². The smallest absolute Gasteiger partial charge is 0.419 e. The van der Waals surface area contributed by atoms with Gasteiger partial charge in [0.1, 0.15) is 11.9 Å². The van der Waals surface area contributed by atoms with Crippen molar-refractivity contribution >= 4 is 11.9 Å². The first kappa shape index (κ1) is 17.7. The quantitative estimate of drug-likeness (QED) is 0.819. The van der Waals surface area contributed by atoms with Crippen LogP contribution in [0.3, 0.4) is 0 Å². The molecule has 0 radical (unpaired) electrons. The second-order valence-electron chi connectivity index (χ2n) is 6.58. The van der Waals surface area contributed by atoms with Gasteiger partial charge in [-0.3, -0.25) is 4.79 Å².